The van der Waals surface area contributed by atoms with Crippen LogP contribution in [0.15, 0.2) is 0 Å². The van der Waals surface area contributed by atoms with Crippen LogP contribution in [-0.2, 0) is 0 Å². The highest BCUT2D eigenvalue weighted by Crippen LogP contribution is 2.22. The maximum absolute atomic E-state index is 3.91. The van der Waals surface area contributed by atoms with Crippen molar-refractivity contribution in [3.8, 4) is 0 Å². The minimum atomic E-state index is 0.680. The van der Waals surface area contributed by atoms with Crippen LogP contribution in [-0.4, -0.2) is 12.6 Å². The molecule has 0 aromatic heterocycles. The maximum Gasteiger partial charge on any atom is 0.00953 e. The summed E-state index contributed by atoms with van der Waals surface area (Å²) in [5.74, 6) is 2.40. The van der Waals surface area contributed by atoms with E-state index in [1.807, 2.05) is 0 Å². The van der Waals surface area contributed by atoms with Crippen LogP contribution in [0.1, 0.15) is 60.3 Å². The zero-order valence-corrected chi connectivity index (χ0v) is 12.1. The molecule has 0 rings (SSSR count). The highest BCUT2D eigenvalue weighted by atomic mass is 14.9. The first kappa shape index (κ1) is 16.0. The van der Waals surface area contributed by atoms with E-state index in [0.717, 1.165) is 30.7 Å². The van der Waals surface area contributed by atoms with Gasteiger partial charge < -0.3 is 5.32 Å². The standard InChI is InChI=1S/C15H32N/c1-7-11-16-15(10-9-12(3)4)14(6)13(5)8-2/h12-16H,1,7-11H2,2-6H3. The molecule has 0 aliphatic rings. The fourth-order valence-corrected chi connectivity index (χ4v) is 2.12. The number of rotatable bonds is 9. The van der Waals surface area contributed by atoms with Gasteiger partial charge in [0.05, 0.1) is 0 Å². The van der Waals surface area contributed by atoms with Gasteiger partial charge in [0.2, 0.25) is 0 Å². The molecule has 0 saturated heterocycles. The van der Waals surface area contributed by atoms with E-state index in [4.69, 9.17) is 0 Å². The first-order valence-electron chi connectivity index (χ1n) is 7.05. The largest absolute Gasteiger partial charge is 0.314 e. The van der Waals surface area contributed by atoms with Crippen LogP contribution in [0.2, 0.25) is 0 Å². The Morgan fingerprint density at radius 3 is 2.12 bits per heavy atom. The Hall–Kier alpha value is -0.0400. The van der Waals surface area contributed by atoms with Crippen molar-refractivity contribution < 1.29 is 0 Å². The molecule has 1 nitrogen and oxygen atoms in total. The third kappa shape index (κ3) is 6.52. The van der Waals surface area contributed by atoms with Crippen LogP contribution in [0.4, 0.5) is 0 Å². The fourth-order valence-electron chi connectivity index (χ4n) is 2.12. The fraction of sp³-hybridized carbons (Fsp3) is 0.933. The van der Waals surface area contributed by atoms with E-state index in [9.17, 15) is 0 Å². The average Bonchev–Trinajstić information content (AvgIpc) is 2.27. The molecule has 1 radical (unpaired) electrons. The number of nitrogens with one attached hydrogen (secondary N) is 1. The second-order valence-corrected chi connectivity index (χ2v) is 5.63. The van der Waals surface area contributed by atoms with E-state index in [2.05, 4.69) is 46.9 Å². The molecule has 3 atom stereocenters. The topological polar surface area (TPSA) is 12.0 Å². The van der Waals surface area contributed by atoms with Crippen LogP contribution in [0.25, 0.3) is 0 Å². The highest BCUT2D eigenvalue weighted by molar-refractivity contribution is 4.77. The summed E-state index contributed by atoms with van der Waals surface area (Å²) in [6.07, 6.45) is 4.91. The zero-order chi connectivity index (χ0) is 12.6. The van der Waals surface area contributed by atoms with Gasteiger partial charge in [0.1, 0.15) is 0 Å². The van der Waals surface area contributed by atoms with E-state index in [1.165, 1.54) is 19.3 Å². The van der Waals surface area contributed by atoms with Crippen LogP contribution in [0.5, 0.6) is 0 Å². The summed E-state index contributed by atoms with van der Waals surface area (Å²) < 4.78 is 0. The normalized spacial score (nSPS) is 17.4. The molecule has 3 unspecified atom stereocenters. The van der Waals surface area contributed by atoms with Crippen LogP contribution in [0, 0.1) is 24.7 Å². The molecule has 0 fully saturated rings. The molecule has 0 heterocycles. The molecule has 16 heavy (non-hydrogen) atoms. The minimum Gasteiger partial charge on any atom is -0.314 e. The first-order valence-corrected chi connectivity index (χ1v) is 7.05. The Balaban J connectivity index is 4.16. The lowest BCUT2D eigenvalue weighted by molar-refractivity contribution is 0.256. The zero-order valence-electron chi connectivity index (χ0n) is 12.1. The Bertz CT molecular complexity index is 154. The van der Waals surface area contributed by atoms with Gasteiger partial charge in [-0.05, 0) is 43.6 Å². The number of hydrogen-bond acceptors (Lipinski definition) is 1. The second-order valence-electron chi connectivity index (χ2n) is 5.63. The van der Waals surface area contributed by atoms with E-state index < -0.39 is 0 Å². The molecule has 97 valence electrons. The van der Waals surface area contributed by atoms with Gasteiger partial charge in [-0.3, -0.25) is 0 Å². The smallest absolute Gasteiger partial charge is 0.00953 e. The van der Waals surface area contributed by atoms with Gasteiger partial charge in [-0.1, -0.05) is 48.0 Å². The molecule has 0 amide bonds. The van der Waals surface area contributed by atoms with E-state index >= 15 is 0 Å². The van der Waals surface area contributed by atoms with Crippen molar-refractivity contribution in [3.63, 3.8) is 0 Å². The molecule has 0 aromatic rings. The van der Waals surface area contributed by atoms with Gasteiger partial charge in [0.15, 0.2) is 0 Å². The van der Waals surface area contributed by atoms with Gasteiger partial charge in [0.25, 0.3) is 0 Å². The lowest BCUT2D eigenvalue weighted by Gasteiger charge is -2.30. The SMILES string of the molecule is [CH2]CCNC(CCC(C)C)C(C)C(C)CC. The second kappa shape index (κ2) is 9.04. The van der Waals surface area contributed by atoms with Gasteiger partial charge in [-0.2, -0.15) is 0 Å². The predicted molar refractivity (Wildman–Crippen MR) is 74.5 cm³/mol. The van der Waals surface area contributed by atoms with Crippen molar-refractivity contribution >= 4 is 0 Å². The third-order valence-corrected chi connectivity index (χ3v) is 3.81. The van der Waals surface area contributed by atoms with Crippen molar-refractivity contribution in [2.75, 3.05) is 6.54 Å². The lowest BCUT2D eigenvalue weighted by Crippen LogP contribution is -2.38. The molecule has 0 aliphatic heterocycles. The molecule has 0 bridgehead atoms. The van der Waals surface area contributed by atoms with Crippen molar-refractivity contribution in [1.82, 2.24) is 5.32 Å². The predicted octanol–water partition coefficient (Wildman–Crippen LogP) is 4.29. The third-order valence-electron chi connectivity index (χ3n) is 3.81. The summed E-state index contributed by atoms with van der Waals surface area (Å²) in [6.45, 7) is 16.7. The Kier molecular flexibility index (Phi) is 9.02. The maximum atomic E-state index is 3.91. The highest BCUT2D eigenvalue weighted by Gasteiger charge is 2.21. The van der Waals surface area contributed by atoms with Gasteiger partial charge in [0, 0.05) is 6.04 Å². The van der Waals surface area contributed by atoms with Gasteiger partial charge in [-0.15, -0.1) is 0 Å². The number of hydrogen-bond donors (Lipinski definition) is 1. The molecular formula is C15H32N. The molecule has 0 aromatic carbocycles. The van der Waals surface area contributed by atoms with Crippen molar-refractivity contribution in [3.05, 3.63) is 6.92 Å². The molecular weight excluding hydrogens is 194 g/mol. The molecule has 1 N–H and O–H groups in total. The van der Waals surface area contributed by atoms with E-state index in [1.54, 1.807) is 0 Å². The van der Waals surface area contributed by atoms with Gasteiger partial charge >= 0.3 is 0 Å². The van der Waals surface area contributed by atoms with Crippen LogP contribution in [0.3, 0.4) is 0 Å². The van der Waals surface area contributed by atoms with Crippen LogP contribution < -0.4 is 5.32 Å². The summed E-state index contributed by atoms with van der Waals surface area (Å²) in [4.78, 5) is 0. The summed E-state index contributed by atoms with van der Waals surface area (Å²) >= 11 is 0. The van der Waals surface area contributed by atoms with Crippen molar-refractivity contribution in [1.29, 1.82) is 0 Å². The van der Waals surface area contributed by atoms with Crippen molar-refractivity contribution in [2.24, 2.45) is 17.8 Å². The molecule has 0 spiro atoms. The summed E-state index contributed by atoms with van der Waals surface area (Å²) in [5, 5.41) is 3.68. The molecule has 1 heteroatoms. The minimum absolute atomic E-state index is 0.680. The first-order chi connectivity index (χ1) is 7.52. The van der Waals surface area contributed by atoms with E-state index in [0.29, 0.717) is 6.04 Å². The van der Waals surface area contributed by atoms with Gasteiger partial charge in [-0.25, -0.2) is 0 Å². The van der Waals surface area contributed by atoms with Crippen molar-refractivity contribution in [2.45, 2.75) is 66.3 Å². The average molecular weight is 226 g/mol. The summed E-state index contributed by atoms with van der Waals surface area (Å²) in [6, 6.07) is 0.680. The quantitative estimate of drug-likeness (QED) is 0.618. The summed E-state index contributed by atoms with van der Waals surface area (Å²) in [7, 11) is 0. The monoisotopic (exact) mass is 226 g/mol. The lowest BCUT2D eigenvalue weighted by atomic mass is 9.84. The Labute approximate surface area is 103 Å². The molecule has 0 saturated carbocycles. The van der Waals surface area contributed by atoms with Crippen LogP contribution >= 0.6 is 0 Å². The molecule has 0 aliphatic carbocycles. The Morgan fingerprint density at radius 1 is 1.06 bits per heavy atom. The van der Waals surface area contributed by atoms with E-state index in [-0.39, 0.29) is 0 Å². The summed E-state index contributed by atoms with van der Waals surface area (Å²) in [5.41, 5.74) is 0. The Morgan fingerprint density at radius 2 is 1.69 bits per heavy atom.